The molecule has 4 aliphatic rings. The summed E-state index contributed by atoms with van der Waals surface area (Å²) in [5, 5.41) is 0. The lowest BCUT2D eigenvalue weighted by Gasteiger charge is -2.17. The van der Waals surface area contributed by atoms with Gasteiger partial charge in [-0.1, -0.05) is 12.2 Å². The fourth-order valence-corrected chi connectivity index (χ4v) is 3.58. The lowest BCUT2D eigenvalue weighted by atomic mass is 9.85. The van der Waals surface area contributed by atoms with Crippen LogP contribution in [0.15, 0.2) is 30.4 Å². The molecule has 4 unspecified atom stereocenters. The van der Waals surface area contributed by atoms with Gasteiger partial charge in [-0.05, 0) is 12.1 Å². The first kappa shape index (κ1) is 11.3. The second kappa shape index (κ2) is 3.65. The van der Waals surface area contributed by atoms with Crippen molar-refractivity contribution < 1.29 is 23.8 Å². The van der Waals surface area contributed by atoms with E-state index in [2.05, 4.69) is 0 Å². The Balaban J connectivity index is 1.56. The number of amides is 2. The molecule has 106 valence electrons. The van der Waals surface area contributed by atoms with Crippen molar-refractivity contribution in [3.05, 3.63) is 30.4 Å². The van der Waals surface area contributed by atoms with Gasteiger partial charge >= 0.3 is 0 Å². The van der Waals surface area contributed by atoms with Gasteiger partial charge in [-0.15, -0.1) is 0 Å². The lowest BCUT2D eigenvalue weighted by Crippen LogP contribution is -2.34. The van der Waals surface area contributed by atoms with E-state index in [0.29, 0.717) is 17.2 Å². The molecule has 0 spiro atoms. The lowest BCUT2D eigenvalue weighted by molar-refractivity contribution is -0.124. The Morgan fingerprint density at radius 3 is 2.33 bits per heavy atom. The van der Waals surface area contributed by atoms with E-state index in [1.54, 1.807) is 18.2 Å². The summed E-state index contributed by atoms with van der Waals surface area (Å²) in [7, 11) is 0. The Morgan fingerprint density at radius 1 is 0.952 bits per heavy atom. The van der Waals surface area contributed by atoms with Crippen LogP contribution >= 0.6 is 0 Å². The van der Waals surface area contributed by atoms with Crippen molar-refractivity contribution in [1.29, 1.82) is 0 Å². The molecule has 21 heavy (non-hydrogen) atoms. The second-order valence-corrected chi connectivity index (χ2v) is 5.55. The molecule has 0 saturated carbocycles. The van der Waals surface area contributed by atoms with Crippen LogP contribution in [-0.4, -0.2) is 30.8 Å². The van der Waals surface area contributed by atoms with Gasteiger partial charge in [0.1, 0.15) is 0 Å². The zero-order valence-electron chi connectivity index (χ0n) is 10.9. The summed E-state index contributed by atoms with van der Waals surface area (Å²) in [4.78, 5) is 26.5. The Labute approximate surface area is 119 Å². The maximum Gasteiger partial charge on any atom is 0.240 e. The first-order chi connectivity index (χ1) is 10.2. The van der Waals surface area contributed by atoms with Crippen molar-refractivity contribution in [1.82, 2.24) is 0 Å². The van der Waals surface area contributed by atoms with Crippen LogP contribution in [0.3, 0.4) is 0 Å². The zero-order chi connectivity index (χ0) is 14.1. The number of carbonyl (C=O) groups is 2. The Kier molecular flexibility index (Phi) is 1.97. The van der Waals surface area contributed by atoms with E-state index in [-0.39, 0.29) is 30.8 Å². The number of nitrogens with zero attached hydrogens (tertiary/aromatic N) is 1. The number of fused-ring (bicyclic) bond motifs is 6. The minimum absolute atomic E-state index is 0.161. The molecule has 0 aromatic heterocycles. The molecule has 0 radical (unpaired) electrons. The van der Waals surface area contributed by atoms with Gasteiger partial charge in [-0.3, -0.25) is 9.59 Å². The quantitative estimate of drug-likeness (QED) is 0.565. The summed E-state index contributed by atoms with van der Waals surface area (Å²) in [6.45, 7) is 0.161. The fourth-order valence-electron chi connectivity index (χ4n) is 3.58. The van der Waals surface area contributed by atoms with Crippen LogP contribution in [0.1, 0.15) is 0 Å². The van der Waals surface area contributed by atoms with E-state index < -0.39 is 11.8 Å². The smallest absolute Gasteiger partial charge is 0.240 e. The predicted octanol–water partition coefficient (Wildman–Crippen LogP) is 0.858. The van der Waals surface area contributed by atoms with Crippen LogP contribution in [0, 0.1) is 11.8 Å². The van der Waals surface area contributed by atoms with E-state index in [1.165, 1.54) is 4.90 Å². The summed E-state index contributed by atoms with van der Waals surface area (Å²) in [5.41, 5.74) is 0.531. The normalized spacial score (nSPS) is 35.0. The van der Waals surface area contributed by atoms with Crippen LogP contribution in [0.5, 0.6) is 11.5 Å². The molecule has 1 aromatic carbocycles. The van der Waals surface area contributed by atoms with Crippen molar-refractivity contribution in [2.75, 3.05) is 11.7 Å². The van der Waals surface area contributed by atoms with Crippen molar-refractivity contribution in [3.63, 3.8) is 0 Å². The molecule has 4 atom stereocenters. The van der Waals surface area contributed by atoms with Gasteiger partial charge in [0.2, 0.25) is 18.6 Å². The first-order valence-electron chi connectivity index (χ1n) is 6.85. The minimum atomic E-state index is -0.391. The third kappa shape index (κ3) is 1.30. The highest BCUT2D eigenvalue weighted by Crippen LogP contribution is 2.47. The number of imide groups is 1. The van der Waals surface area contributed by atoms with E-state index in [9.17, 15) is 9.59 Å². The molecule has 0 N–H and O–H groups in total. The molecule has 2 bridgehead atoms. The summed E-state index contributed by atoms with van der Waals surface area (Å²) < 4.78 is 16.2. The number of anilines is 1. The maximum atomic E-state index is 12.6. The summed E-state index contributed by atoms with van der Waals surface area (Å²) in [6.07, 6.45) is 3.21. The summed E-state index contributed by atoms with van der Waals surface area (Å²) in [5.74, 6) is 0.0166. The van der Waals surface area contributed by atoms with Crippen molar-refractivity contribution in [3.8, 4) is 11.5 Å². The van der Waals surface area contributed by atoms with E-state index in [4.69, 9.17) is 14.2 Å². The molecule has 4 heterocycles. The molecular weight excluding hydrogens is 274 g/mol. The van der Waals surface area contributed by atoms with Crippen LogP contribution in [0.25, 0.3) is 0 Å². The van der Waals surface area contributed by atoms with Gasteiger partial charge in [0.25, 0.3) is 0 Å². The summed E-state index contributed by atoms with van der Waals surface area (Å²) in [6, 6.07) is 5.10. The standard InChI is InChI=1S/C15H11NO5/c17-14-12-9-3-4-10(21-9)13(12)15(18)16(14)7-1-2-8-11(5-7)20-6-19-8/h1-5,9-10,12-13H,6H2. The largest absolute Gasteiger partial charge is 0.454 e. The second-order valence-electron chi connectivity index (χ2n) is 5.55. The van der Waals surface area contributed by atoms with E-state index in [1.807, 2.05) is 12.2 Å². The molecule has 2 saturated heterocycles. The van der Waals surface area contributed by atoms with E-state index in [0.717, 1.165) is 0 Å². The topological polar surface area (TPSA) is 65.1 Å². The molecule has 0 aliphatic carbocycles. The van der Waals surface area contributed by atoms with Gasteiger partial charge in [0.15, 0.2) is 11.5 Å². The van der Waals surface area contributed by atoms with Gasteiger partial charge in [0, 0.05) is 6.07 Å². The molecular formula is C15H11NO5. The fraction of sp³-hybridized carbons (Fsp3) is 0.333. The first-order valence-corrected chi connectivity index (χ1v) is 6.85. The van der Waals surface area contributed by atoms with Gasteiger partial charge in [-0.25, -0.2) is 4.90 Å². The highest BCUT2D eigenvalue weighted by molar-refractivity contribution is 6.23. The number of hydrogen-bond acceptors (Lipinski definition) is 5. The average molecular weight is 285 g/mol. The minimum Gasteiger partial charge on any atom is -0.454 e. The van der Waals surface area contributed by atoms with Gasteiger partial charge in [0.05, 0.1) is 29.7 Å². The molecule has 6 heteroatoms. The number of benzene rings is 1. The van der Waals surface area contributed by atoms with E-state index >= 15 is 0 Å². The molecule has 5 rings (SSSR count). The Morgan fingerprint density at radius 2 is 1.62 bits per heavy atom. The number of ether oxygens (including phenoxy) is 3. The molecule has 6 nitrogen and oxygen atoms in total. The number of carbonyl (C=O) groups excluding carboxylic acids is 2. The SMILES string of the molecule is O=C1C2C3C=CC(O3)C2C(=O)N1c1ccc2c(c1)OCO2. The molecule has 2 amide bonds. The van der Waals surface area contributed by atoms with Crippen molar-refractivity contribution >= 4 is 17.5 Å². The van der Waals surface area contributed by atoms with Crippen LogP contribution in [0.2, 0.25) is 0 Å². The highest BCUT2D eigenvalue weighted by Gasteiger charge is 2.61. The van der Waals surface area contributed by atoms with Crippen LogP contribution in [0.4, 0.5) is 5.69 Å². The summed E-state index contributed by atoms with van der Waals surface area (Å²) >= 11 is 0. The molecule has 4 aliphatic heterocycles. The van der Waals surface area contributed by atoms with Crippen LogP contribution < -0.4 is 14.4 Å². The zero-order valence-corrected chi connectivity index (χ0v) is 10.9. The predicted molar refractivity (Wildman–Crippen MR) is 69.8 cm³/mol. The van der Waals surface area contributed by atoms with Gasteiger partial charge in [-0.2, -0.15) is 0 Å². The Hall–Kier alpha value is -2.34. The monoisotopic (exact) mass is 285 g/mol. The molecule has 1 aromatic rings. The highest BCUT2D eigenvalue weighted by atomic mass is 16.7. The average Bonchev–Trinajstić information content (AvgIpc) is 3.22. The molecule has 2 fully saturated rings. The Bertz CT molecular complexity index is 682. The third-order valence-electron chi connectivity index (χ3n) is 4.52. The number of hydrogen-bond donors (Lipinski definition) is 0. The van der Waals surface area contributed by atoms with Crippen LogP contribution in [-0.2, 0) is 14.3 Å². The van der Waals surface area contributed by atoms with Crippen molar-refractivity contribution in [2.24, 2.45) is 11.8 Å². The maximum absolute atomic E-state index is 12.6. The third-order valence-corrected chi connectivity index (χ3v) is 4.52. The van der Waals surface area contributed by atoms with Crippen molar-refractivity contribution in [2.45, 2.75) is 12.2 Å². The van der Waals surface area contributed by atoms with Gasteiger partial charge < -0.3 is 14.2 Å². The number of rotatable bonds is 1.